The number of halogens is 2. The Kier molecular flexibility index (Phi) is 5.93. The van der Waals surface area contributed by atoms with E-state index in [-0.39, 0.29) is 11.1 Å². The van der Waals surface area contributed by atoms with E-state index in [1.165, 1.54) is 36.4 Å². The van der Waals surface area contributed by atoms with Crippen LogP contribution in [0.4, 0.5) is 4.39 Å². The molecule has 1 heterocycles. The molecule has 1 aliphatic carbocycles. The third kappa shape index (κ3) is 4.08. The van der Waals surface area contributed by atoms with E-state index in [0.29, 0.717) is 17.9 Å². The molecule has 8 heteroatoms. The molecule has 0 unspecified atom stereocenters. The molecule has 2 aromatic rings. The molecular formula is C24H20ClFN2O4. The maximum atomic E-state index is 13.3. The number of Topliss-reactive ketones (excluding diaryl/α,β-unsaturated/α-hetero) is 1. The Hall–Kier alpha value is -3.32. The fourth-order valence-electron chi connectivity index (χ4n) is 4.10. The van der Waals surface area contributed by atoms with Crippen molar-refractivity contribution in [3.05, 3.63) is 82.1 Å². The van der Waals surface area contributed by atoms with Gasteiger partial charge in [-0.3, -0.25) is 19.2 Å². The standard InChI is InChI=1S/C24H20ClFN2O4/c1-14-2-11-19-20(12-14)24(32)28(23(19)31)27(22(30)16-3-7-17(25)8-4-16)13-21(29)15-5-9-18(26)10-6-15/h2-10,19-20H,11-13H2,1H3/t19-,20-/m1/s1. The van der Waals surface area contributed by atoms with Crippen molar-refractivity contribution in [2.24, 2.45) is 11.8 Å². The summed E-state index contributed by atoms with van der Waals surface area (Å²) in [6.07, 6.45) is 2.76. The van der Waals surface area contributed by atoms with Gasteiger partial charge in [0.2, 0.25) is 0 Å². The minimum absolute atomic E-state index is 0.161. The fourth-order valence-corrected chi connectivity index (χ4v) is 4.22. The lowest BCUT2D eigenvalue weighted by atomic mass is 9.82. The molecule has 0 saturated carbocycles. The van der Waals surface area contributed by atoms with Crippen LogP contribution in [0.1, 0.15) is 40.5 Å². The number of fused-ring (bicyclic) bond motifs is 1. The van der Waals surface area contributed by atoms with Crippen molar-refractivity contribution in [1.82, 2.24) is 10.0 Å². The average molecular weight is 455 g/mol. The van der Waals surface area contributed by atoms with Gasteiger partial charge in [0.15, 0.2) is 5.78 Å². The zero-order chi connectivity index (χ0) is 23.0. The predicted octanol–water partition coefficient (Wildman–Crippen LogP) is 4.06. The molecule has 164 valence electrons. The number of imide groups is 1. The first kappa shape index (κ1) is 21.9. The first-order valence-corrected chi connectivity index (χ1v) is 10.5. The van der Waals surface area contributed by atoms with Crippen LogP contribution >= 0.6 is 11.6 Å². The molecule has 0 radical (unpaired) electrons. The van der Waals surface area contributed by atoms with E-state index in [1.807, 2.05) is 13.0 Å². The lowest BCUT2D eigenvalue weighted by Gasteiger charge is -2.30. The molecule has 32 heavy (non-hydrogen) atoms. The van der Waals surface area contributed by atoms with Crippen molar-refractivity contribution in [3.8, 4) is 0 Å². The fraction of sp³-hybridized carbons (Fsp3) is 0.250. The van der Waals surface area contributed by atoms with Gasteiger partial charge in [0.05, 0.1) is 11.8 Å². The number of amides is 3. The molecule has 2 aliphatic rings. The highest BCUT2D eigenvalue weighted by Crippen LogP contribution is 2.38. The van der Waals surface area contributed by atoms with Gasteiger partial charge in [0.1, 0.15) is 12.4 Å². The van der Waals surface area contributed by atoms with Gasteiger partial charge in [-0.1, -0.05) is 23.3 Å². The van der Waals surface area contributed by atoms with Crippen LogP contribution in [0.3, 0.4) is 0 Å². The minimum atomic E-state index is -0.679. The van der Waals surface area contributed by atoms with Crippen molar-refractivity contribution < 1.29 is 23.6 Å². The van der Waals surface area contributed by atoms with E-state index in [1.54, 1.807) is 0 Å². The Morgan fingerprint density at radius 1 is 1.00 bits per heavy atom. The molecule has 3 amide bonds. The average Bonchev–Trinajstić information content (AvgIpc) is 3.02. The van der Waals surface area contributed by atoms with E-state index in [4.69, 9.17) is 11.6 Å². The molecule has 4 rings (SSSR count). The van der Waals surface area contributed by atoms with E-state index < -0.39 is 47.7 Å². The van der Waals surface area contributed by atoms with Gasteiger partial charge in [-0.2, -0.15) is 5.01 Å². The first-order valence-electron chi connectivity index (χ1n) is 10.2. The number of hydrazine groups is 1. The van der Waals surface area contributed by atoms with Crippen LogP contribution in [0.25, 0.3) is 0 Å². The van der Waals surface area contributed by atoms with Gasteiger partial charge >= 0.3 is 0 Å². The van der Waals surface area contributed by atoms with Gasteiger partial charge in [-0.15, -0.1) is 0 Å². The number of hydrogen-bond acceptors (Lipinski definition) is 4. The molecule has 1 fully saturated rings. The Morgan fingerprint density at radius 3 is 2.25 bits per heavy atom. The molecule has 2 atom stereocenters. The van der Waals surface area contributed by atoms with Crippen LogP contribution < -0.4 is 0 Å². The Morgan fingerprint density at radius 2 is 1.59 bits per heavy atom. The molecule has 1 aliphatic heterocycles. The number of carbonyl (C=O) groups excluding carboxylic acids is 4. The molecule has 0 aromatic heterocycles. The summed E-state index contributed by atoms with van der Waals surface area (Å²) in [5, 5.41) is 2.13. The summed E-state index contributed by atoms with van der Waals surface area (Å²) in [7, 11) is 0. The van der Waals surface area contributed by atoms with Gasteiger partial charge in [-0.05, 0) is 68.3 Å². The Bertz CT molecular complexity index is 1130. The molecule has 6 nitrogen and oxygen atoms in total. The number of benzene rings is 2. The zero-order valence-corrected chi connectivity index (χ0v) is 18.0. The summed E-state index contributed by atoms with van der Waals surface area (Å²) in [5.41, 5.74) is 1.34. The topological polar surface area (TPSA) is 74.8 Å². The second kappa shape index (κ2) is 8.67. The number of allylic oxidation sites excluding steroid dienone is 2. The summed E-state index contributed by atoms with van der Waals surface area (Å²) in [5.74, 6) is -3.84. The van der Waals surface area contributed by atoms with Crippen molar-refractivity contribution in [1.29, 1.82) is 0 Å². The third-order valence-electron chi connectivity index (χ3n) is 5.83. The van der Waals surface area contributed by atoms with E-state index in [0.717, 1.165) is 27.7 Å². The SMILES string of the molecule is CC1=CC[C@H]2C(=O)N(N(CC(=O)c3ccc(F)cc3)C(=O)c3ccc(Cl)cc3)C(=O)[C@@H]2C1. The number of nitrogens with zero attached hydrogens (tertiary/aromatic N) is 2. The monoisotopic (exact) mass is 454 g/mol. The quantitative estimate of drug-likeness (QED) is 0.388. The lowest BCUT2D eigenvalue weighted by molar-refractivity contribution is -0.154. The van der Waals surface area contributed by atoms with Crippen molar-refractivity contribution in [3.63, 3.8) is 0 Å². The van der Waals surface area contributed by atoms with Crippen LogP contribution in [0.15, 0.2) is 60.2 Å². The highest BCUT2D eigenvalue weighted by atomic mass is 35.5. The highest BCUT2D eigenvalue weighted by Gasteiger charge is 2.51. The number of hydrogen-bond donors (Lipinski definition) is 0. The second-order valence-corrected chi connectivity index (χ2v) is 8.43. The molecule has 0 bridgehead atoms. The minimum Gasteiger partial charge on any atom is -0.292 e. The van der Waals surface area contributed by atoms with Crippen LogP contribution in [-0.2, 0) is 9.59 Å². The van der Waals surface area contributed by atoms with Crippen LogP contribution in [-0.4, -0.2) is 40.1 Å². The van der Waals surface area contributed by atoms with E-state index in [2.05, 4.69) is 0 Å². The smallest absolute Gasteiger partial charge is 0.273 e. The summed E-state index contributed by atoms with van der Waals surface area (Å²) >= 11 is 5.91. The molecule has 2 aromatic carbocycles. The molecule has 1 saturated heterocycles. The van der Waals surface area contributed by atoms with Gasteiger partial charge in [0.25, 0.3) is 17.7 Å². The Balaban J connectivity index is 1.68. The number of ketones is 1. The van der Waals surface area contributed by atoms with Crippen LogP contribution in [0.5, 0.6) is 0 Å². The summed E-state index contributed by atoms with van der Waals surface area (Å²) < 4.78 is 13.3. The third-order valence-corrected chi connectivity index (χ3v) is 6.08. The second-order valence-electron chi connectivity index (χ2n) is 7.99. The van der Waals surface area contributed by atoms with E-state index >= 15 is 0 Å². The van der Waals surface area contributed by atoms with Crippen molar-refractivity contribution in [2.45, 2.75) is 19.8 Å². The largest absolute Gasteiger partial charge is 0.292 e. The normalized spacial score (nSPS) is 20.1. The Labute approximate surface area is 189 Å². The molecule has 0 N–H and O–H groups in total. The molecular weight excluding hydrogens is 435 g/mol. The maximum Gasteiger partial charge on any atom is 0.273 e. The van der Waals surface area contributed by atoms with Gasteiger partial charge in [0, 0.05) is 16.1 Å². The number of carbonyl (C=O) groups is 4. The zero-order valence-electron chi connectivity index (χ0n) is 17.3. The summed E-state index contributed by atoms with van der Waals surface area (Å²) in [6, 6.07) is 10.8. The van der Waals surface area contributed by atoms with Gasteiger partial charge in [-0.25, -0.2) is 9.40 Å². The number of rotatable bonds is 5. The van der Waals surface area contributed by atoms with Crippen molar-refractivity contribution in [2.75, 3.05) is 6.54 Å². The summed E-state index contributed by atoms with van der Waals surface area (Å²) in [4.78, 5) is 52.6. The van der Waals surface area contributed by atoms with Crippen LogP contribution in [0, 0.1) is 17.7 Å². The highest BCUT2D eigenvalue weighted by molar-refractivity contribution is 6.30. The van der Waals surface area contributed by atoms with E-state index in [9.17, 15) is 23.6 Å². The maximum absolute atomic E-state index is 13.3. The lowest BCUT2D eigenvalue weighted by Crippen LogP contribution is -2.52. The predicted molar refractivity (Wildman–Crippen MR) is 115 cm³/mol. The van der Waals surface area contributed by atoms with Crippen LogP contribution in [0.2, 0.25) is 5.02 Å². The van der Waals surface area contributed by atoms with Crippen molar-refractivity contribution >= 4 is 35.1 Å². The van der Waals surface area contributed by atoms with Gasteiger partial charge < -0.3 is 0 Å². The molecule has 0 spiro atoms. The summed E-state index contributed by atoms with van der Waals surface area (Å²) in [6.45, 7) is 1.35. The first-order chi connectivity index (χ1) is 15.3.